The van der Waals surface area contributed by atoms with Crippen molar-refractivity contribution in [3.8, 4) is 22.6 Å². The number of Topliss-reactive ketones (excluding diaryl/α,β-unsaturated/α-hetero) is 1. The summed E-state index contributed by atoms with van der Waals surface area (Å²) in [7, 11) is 0.483. The van der Waals surface area contributed by atoms with Gasteiger partial charge in [0.2, 0.25) is 6.79 Å². The number of benzene rings is 3. The van der Waals surface area contributed by atoms with Crippen LogP contribution in [0.3, 0.4) is 0 Å². The quantitative estimate of drug-likeness (QED) is 0.596. The van der Waals surface area contributed by atoms with Crippen molar-refractivity contribution in [3.05, 3.63) is 77.9 Å². The average molecular weight is 452 g/mol. The maximum Gasteiger partial charge on any atom is 0.231 e. The lowest BCUT2D eigenvalue weighted by atomic mass is 9.87. The number of carbonyl (C=O) groups excluding carboxylic acids is 1. The number of ketones is 1. The van der Waals surface area contributed by atoms with Gasteiger partial charge >= 0.3 is 0 Å². The van der Waals surface area contributed by atoms with Crippen LogP contribution in [0.15, 0.2) is 71.6 Å². The van der Waals surface area contributed by atoms with Crippen molar-refractivity contribution in [2.45, 2.75) is 29.6 Å². The van der Waals surface area contributed by atoms with Crippen molar-refractivity contribution in [1.82, 2.24) is 4.72 Å². The standard InChI is InChI=1S/C25H23NO4S.H2O/c1-26-31(28)21-9-6-19(7-10-21)18-4-2-17(3-5-18)14-24(27)25(12-13-25)20-8-11-22-23(15-20)30-16-29-22;/h2-11,15,26H,12-14,16H2,1H3;1H2. The van der Waals surface area contributed by atoms with Crippen LogP contribution >= 0.6 is 0 Å². The molecule has 0 amide bonds. The fourth-order valence-electron chi connectivity index (χ4n) is 4.11. The summed E-state index contributed by atoms with van der Waals surface area (Å²) in [4.78, 5) is 13.9. The van der Waals surface area contributed by atoms with Crippen molar-refractivity contribution in [2.75, 3.05) is 13.8 Å². The summed E-state index contributed by atoms with van der Waals surface area (Å²) in [5.41, 5.74) is 3.76. The number of hydrogen-bond donors (Lipinski definition) is 1. The molecule has 1 unspecified atom stereocenters. The molecule has 166 valence electrons. The van der Waals surface area contributed by atoms with Crippen LogP contribution in [0, 0.1) is 0 Å². The van der Waals surface area contributed by atoms with Gasteiger partial charge in [-0.05, 0) is 66.4 Å². The summed E-state index contributed by atoms with van der Waals surface area (Å²) in [5.74, 6) is 1.72. The number of hydrogen-bond acceptors (Lipinski definition) is 4. The van der Waals surface area contributed by atoms with E-state index >= 15 is 0 Å². The zero-order valence-electron chi connectivity index (χ0n) is 17.7. The molecule has 6 nitrogen and oxygen atoms in total. The van der Waals surface area contributed by atoms with E-state index in [9.17, 15) is 9.00 Å². The van der Waals surface area contributed by atoms with Gasteiger partial charge in [0.05, 0.1) is 10.3 Å². The van der Waals surface area contributed by atoms with Crippen molar-refractivity contribution < 1.29 is 24.0 Å². The highest BCUT2D eigenvalue weighted by molar-refractivity contribution is 7.83. The molecule has 0 bridgehead atoms. The molecule has 3 aromatic carbocycles. The second-order valence-electron chi connectivity index (χ2n) is 7.94. The van der Waals surface area contributed by atoms with Crippen LogP contribution in [-0.2, 0) is 27.6 Å². The fourth-order valence-corrected chi connectivity index (χ4v) is 4.73. The molecule has 7 heteroatoms. The highest BCUT2D eigenvalue weighted by Gasteiger charge is 2.50. The Balaban J connectivity index is 0.00000245. The van der Waals surface area contributed by atoms with E-state index in [2.05, 4.69) is 4.72 Å². The Kier molecular flexibility index (Phi) is 6.15. The van der Waals surface area contributed by atoms with E-state index in [4.69, 9.17) is 9.47 Å². The Morgan fingerprint density at radius 1 is 0.938 bits per heavy atom. The van der Waals surface area contributed by atoms with Crippen LogP contribution in [0.4, 0.5) is 0 Å². The molecule has 3 aromatic rings. The fraction of sp³-hybridized carbons (Fsp3) is 0.240. The van der Waals surface area contributed by atoms with Crippen LogP contribution in [-0.4, -0.2) is 29.3 Å². The lowest BCUT2D eigenvalue weighted by Crippen LogP contribution is -2.22. The molecule has 1 saturated carbocycles. The molecule has 5 rings (SSSR count). The summed E-state index contributed by atoms with van der Waals surface area (Å²) in [5, 5.41) is 0. The van der Waals surface area contributed by atoms with Gasteiger partial charge in [-0.15, -0.1) is 0 Å². The largest absolute Gasteiger partial charge is 0.454 e. The number of ether oxygens (including phenoxy) is 2. The van der Waals surface area contributed by atoms with Gasteiger partial charge in [-0.2, -0.15) is 0 Å². The van der Waals surface area contributed by atoms with Gasteiger partial charge < -0.3 is 14.9 Å². The van der Waals surface area contributed by atoms with Crippen molar-refractivity contribution in [3.63, 3.8) is 0 Å². The molecule has 32 heavy (non-hydrogen) atoms. The first kappa shape index (κ1) is 22.2. The van der Waals surface area contributed by atoms with Crippen molar-refractivity contribution >= 4 is 16.8 Å². The van der Waals surface area contributed by atoms with Gasteiger partial charge in [0.15, 0.2) is 11.5 Å². The van der Waals surface area contributed by atoms with E-state index in [-0.39, 0.29) is 18.1 Å². The Morgan fingerprint density at radius 3 is 2.19 bits per heavy atom. The minimum absolute atomic E-state index is 0. The number of nitrogens with one attached hydrogen (secondary N) is 1. The molecule has 0 saturated heterocycles. The smallest absolute Gasteiger partial charge is 0.231 e. The maximum absolute atomic E-state index is 13.2. The second-order valence-corrected chi connectivity index (χ2v) is 9.36. The Labute approximate surface area is 189 Å². The molecule has 0 radical (unpaired) electrons. The third-order valence-corrected chi connectivity index (χ3v) is 7.19. The van der Waals surface area contributed by atoms with E-state index in [0.717, 1.165) is 51.5 Å². The van der Waals surface area contributed by atoms with Gasteiger partial charge in [0.1, 0.15) is 16.8 Å². The van der Waals surface area contributed by atoms with Crippen LogP contribution in [0.2, 0.25) is 0 Å². The third-order valence-electron chi connectivity index (χ3n) is 6.11. The summed E-state index contributed by atoms with van der Waals surface area (Å²) in [6.07, 6.45) is 2.17. The lowest BCUT2D eigenvalue weighted by Gasteiger charge is -2.15. The molecule has 3 N–H and O–H groups in total. The van der Waals surface area contributed by atoms with Crippen LogP contribution in [0.25, 0.3) is 11.1 Å². The molecule has 1 fully saturated rings. The number of fused-ring (bicyclic) bond motifs is 1. The van der Waals surface area contributed by atoms with Crippen molar-refractivity contribution in [2.24, 2.45) is 0 Å². The summed E-state index contributed by atoms with van der Waals surface area (Å²) < 4.78 is 25.4. The zero-order chi connectivity index (χ0) is 21.4. The Hall–Kier alpha value is -3.00. The SMILES string of the molecule is CNS(=O)c1ccc(-c2ccc(CC(=O)C3(c4ccc5c(c4)OCO5)CC3)cc2)cc1.O. The van der Waals surface area contributed by atoms with Crippen LogP contribution in [0.1, 0.15) is 24.0 Å². The molecular weight excluding hydrogens is 426 g/mol. The maximum atomic E-state index is 13.2. The Morgan fingerprint density at radius 2 is 1.56 bits per heavy atom. The normalized spacial score (nSPS) is 16.2. The topological polar surface area (TPSA) is 96.1 Å². The van der Waals surface area contributed by atoms with Crippen molar-refractivity contribution in [1.29, 1.82) is 0 Å². The van der Waals surface area contributed by atoms with Gasteiger partial charge in [-0.25, -0.2) is 8.93 Å². The average Bonchev–Trinajstić information content (AvgIpc) is 3.50. The molecule has 1 atom stereocenters. The minimum Gasteiger partial charge on any atom is -0.454 e. The second kappa shape index (κ2) is 8.86. The number of carbonyl (C=O) groups is 1. The summed E-state index contributed by atoms with van der Waals surface area (Å²) >= 11 is 0. The number of rotatable bonds is 7. The van der Waals surface area contributed by atoms with E-state index in [1.54, 1.807) is 7.05 Å². The lowest BCUT2D eigenvalue weighted by molar-refractivity contribution is -0.120. The first-order valence-corrected chi connectivity index (χ1v) is 11.5. The third kappa shape index (κ3) is 4.07. The molecule has 0 spiro atoms. The first-order valence-electron chi connectivity index (χ1n) is 10.3. The molecule has 1 aliphatic carbocycles. The van der Waals surface area contributed by atoms with E-state index < -0.39 is 16.4 Å². The van der Waals surface area contributed by atoms with Gasteiger partial charge in [0.25, 0.3) is 0 Å². The van der Waals surface area contributed by atoms with Crippen LogP contribution < -0.4 is 14.2 Å². The van der Waals surface area contributed by atoms with E-state index in [1.165, 1.54) is 0 Å². The Bertz CT molecular complexity index is 1150. The summed E-state index contributed by atoms with van der Waals surface area (Å²) in [6.45, 7) is 0.238. The van der Waals surface area contributed by atoms with E-state index in [1.807, 2.05) is 66.7 Å². The first-order chi connectivity index (χ1) is 15.1. The zero-order valence-corrected chi connectivity index (χ0v) is 18.5. The minimum atomic E-state index is -1.19. The highest BCUT2D eigenvalue weighted by Crippen LogP contribution is 2.51. The summed E-state index contributed by atoms with van der Waals surface area (Å²) in [6, 6.07) is 21.6. The highest BCUT2D eigenvalue weighted by atomic mass is 32.2. The van der Waals surface area contributed by atoms with Gasteiger partial charge in [0, 0.05) is 6.42 Å². The van der Waals surface area contributed by atoms with Gasteiger partial charge in [-0.3, -0.25) is 4.79 Å². The van der Waals surface area contributed by atoms with Crippen LogP contribution in [0.5, 0.6) is 11.5 Å². The molecule has 1 heterocycles. The predicted molar refractivity (Wildman–Crippen MR) is 123 cm³/mol. The molecule has 1 aliphatic heterocycles. The molecule has 2 aliphatic rings. The predicted octanol–water partition coefficient (Wildman–Crippen LogP) is 3.34. The molecular formula is C25H25NO5S. The van der Waals surface area contributed by atoms with E-state index in [0.29, 0.717) is 6.42 Å². The molecule has 0 aromatic heterocycles. The monoisotopic (exact) mass is 451 g/mol. The van der Waals surface area contributed by atoms with Gasteiger partial charge in [-0.1, -0.05) is 42.5 Å².